The number of carbonyl (C=O) groups excluding carboxylic acids is 1. The number of carbonyl (C=O) groups is 1. The van der Waals surface area contributed by atoms with Crippen molar-refractivity contribution in [3.8, 4) is 0 Å². The van der Waals surface area contributed by atoms with Gasteiger partial charge in [0.25, 0.3) is 0 Å². The van der Waals surface area contributed by atoms with Gasteiger partial charge in [-0.05, 0) is 50.0 Å². The lowest BCUT2D eigenvalue weighted by Crippen LogP contribution is -2.08. The van der Waals surface area contributed by atoms with E-state index in [0.29, 0.717) is 5.56 Å². The third kappa shape index (κ3) is 2.98. The predicted octanol–water partition coefficient (Wildman–Crippen LogP) is 3.97. The Morgan fingerprint density at radius 2 is 2.21 bits per heavy atom. The molecule has 0 radical (unpaired) electrons. The smallest absolute Gasteiger partial charge is 0.164 e. The molecule has 1 N–H and O–H groups in total. The van der Waals surface area contributed by atoms with E-state index in [0.717, 1.165) is 16.3 Å². The van der Waals surface area contributed by atoms with Crippen LogP contribution in [0.4, 0.5) is 9.39 Å². The molecule has 0 saturated carbocycles. The second-order valence-corrected chi connectivity index (χ2v) is 5.22. The number of nitrogens with zero attached hydrogens (tertiary/aromatic N) is 1. The van der Waals surface area contributed by atoms with Gasteiger partial charge in [0.2, 0.25) is 0 Å². The molecule has 1 aromatic carbocycles. The van der Waals surface area contributed by atoms with Crippen LogP contribution in [0.25, 0.3) is 0 Å². The van der Waals surface area contributed by atoms with Gasteiger partial charge in [-0.25, -0.2) is 4.39 Å². The maximum Gasteiger partial charge on any atom is 0.164 e. The minimum absolute atomic E-state index is 0.0137. The standard InChI is InChI=1S/C14H15FN2OS/c1-8(11-5-4-6-12(15)7-11)16-14-13(10(3)18)9(2)17-19-14/h4-8,16H,1-3H3. The summed E-state index contributed by atoms with van der Waals surface area (Å²) in [5.41, 5.74) is 2.18. The van der Waals surface area contributed by atoms with Crippen LogP contribution in [0.2, 0.25) is 0 Å². The number of hydrogen-bond donors (Lipinski definition) is 1. The molecule has 5 heteroatoms. The van der Waals surface area contributed by atoms with E-state index in [4.69, 9.17) is 0 Å². The van der Waals surface area contributed by atoms with Gasteiger partial charge in [-0.15, -0.1) is 0 Å². The minimum atomic E-state index is -0.265. The molecule has 1 heterocycles. The number of anilines is 1. The highest BCUT2D eigenvalue weighted by molar-refractivity contribution is 7.10. The van der Waals surface area contributed by atoms with Gasteiger partial charge in [0.05, 0.1) is 11.3 Å². The molecule has 1 unspecified atom stereocenters. The number of benzene rings is 1. The van der Waals surface area contributed by atoms with Gasteiger partial charge in [-0.3, -0.25) is 4.79 Å². The van der Waals surface area contributed by atoms with Crippen LogP contribution in [-0.2, 0) is 0 Å². The molecule has 3 nitrogen and oxygen atoms in total. The molecule has 2 aromatic rings. The monoisotopic (exact) mass is 278 g/mol. The van der Waals surface area contributed by atoms with Gasteiger partial charge in [0.15, 0.2) is 5.78 Å². The third-order valence-electron chi connectivity index (χ3n) is 2.91. The number of aromatic nitrogens is 1. The molecule has 1 aromatic heterocycles. The topological polar surface area (TPSA) is 42.0 Å². The first kappa shape index (κ1) is 13.7. The first-order chi connectivity index (χ1) is 8.99. The van der Waals surface area contributed by atoms with Crippen molar-refractivity contribution < 1.29 is 9.18 Å². The third-order valence-corrected chi connectivity index (χ3v) is 3.78. The van der Waals surface area contributed by atoms with Crippen molar-refractivity contribution in [2.75, 3.05) is 5.32 Å². The minimum Gasteiger partial charge on any atom is -0.369 e. The zero-order valence-corrected chi connectivity index (χ0v) is 11.8. The van der Waals surface area contributed by atoms with Crippen molar-refractivity contribution in [3.63, 3.8) is 0 Å². The molecule has 2 rings (SSSR count). The molecule has 0 bridgehead atoms. The number of aryl methyl sites for hydroxylation is 1. The molecular formula is C14H15FN2OS. The fourth-order valence-electron chi connectivity index (χ4n) is 1.94. The lowest BCUT2D eigenvalue weighted by atomic mass is 10.1. The van der Waals surface area contributed by atoms with Gasteiger partial charge in [-0.2, -0.15) is 4.37 Å². The molecule has 1 atom stereocenters. The fourth-order valence-corrected chi connectivity index (χ4v) is 2.87. The van der Waals surface area contributed by atoms with Gasteiger partial charge in [0, 0.05) is 6.04 Å². The highest BCUT2D eigenvalue weighted by atomic mass is 32.1. The summed E-state index contributed by atoms with van der Waals surface area (Å²) in [4.78, 5) is 11.6. The summed E-state index contributed by atoms with van der Waals surface area (Å²) in [6, 6.07) is 6.33. The molecule has 0 saturated heterocycles. The average Bonchev–Trinajstić information content (AvgIpc) is 2.70. The number of nitrogens with one attached hydrogen (secondary N) is 1. The number of Topliss-reactive ketones (excluding diaryl/α,β-unsaturated/α-hetero) is 1. The highest BCUT2D eigenvalue weighted by Crippen LogP contribution is 2.29. The normalized spacial score (nSPS) is 12.2. The Bertz CT molecular complexity index is 609. The summed E-state index contributed by atoms with van der Waals surface area (Å²) in [6.07, 6.45) is 0. The van der Waals surface area contributed by atoms with E-state index in [9.17, 15) is 9.18 Å². The molecule has 100 valence electrons. The summed E-state index contributed by atoms with van der Waals surface area (Å²) in [7, 11) is 0. The lowest BCUT2D eigenvalue weighted by molar-refractivity contribution is 0.101. The van der Waals surface area contributed by atoms with Gasteiger partial charge < -0.3 is 5.32 Å². The van der Waals surface area contributed by atoms with Gasteiger partial charge >= 0.3 is 0 Å². The summed E-state index contributed by atoms with van der Waals surface area (Å²) in [6.45, 7) is 5.26. The summed E-state index contributed by atoms with van der Waals surface area (Å²) < 4.78 is 17.4. The van der Waals surface area contributed by atoms with Crippen molar-refractivity contribution in [2.45, 2.75) is 26.8 Å². The molecular weight excluding hydrogens is 263 g/mol. The molecule has 0 aliphatic carbocycles. The molecule has 0 amide bonds. The van der Waals surface area contributed by atoms with E-state index in [1.54, 1.807) is 6.07 Å². The van der Waals surface area contributed by atoms with E-state index >= 15 is 0 Å². The van der Waals surface area contributed by atoms with Crippen molar-refractivity contribution in [1.82, 2.24) is 4.37 Å². The molecule has 0 spiro atoms. The van der Waals surface area contributed by atoms with Crippen molar-refractivity contribution in [2.24, 2.45) is 0 Å². The molecule has 0 aliphatic rings. The van der Waals surface area contributed by atoms with E-state index < -0.39 is 0 Å². The second-order valence-electron chi connectivity index (χ2n) is 4.45. The Morgan fingerprint density at radius 3 is 2.84 bits per heavy atom. The first-order valence-electron chi connectivity index (χ1n) is 5.98. The van der Waals surface area contributed by atoms with Crippen molar-refractivity contribution in [3.05, 3.63) is 46.9 Å². The highest BCUT2D eigenvalue weighted by Gasteiger charge is 2.17. The molecule has 0 fully saturated rings. The van der Waals surface area contributed by atoms with Crippen LogP contribution < -0.4 is 5.32 Å². The Labute approximate surface area is 115 Å². The molecule has 19 heavy (non-hydrogen) atoms. The summed E-state index contributed by atoms with van der Waals surface area (Å²) in [5.74, 6) is -0.279. The fraction of sp³-hybridized carbons (Fsp3) is 0.286. The predicted molar refractivity (Wildman–Crippen MR) is 75.3 cm³/mol. The second kappa shape index (κ2) is 5.48. The summed E-state index contributed by atoms with van der Waals surface area (Å²) in [5, 5.41) is 3.96. The lowest BCUT2D eigenvalue weighted by Gasteiger charge is -2.15. The Balaban J connectivity index is 2.24. The summed E-state index contributed by atoms with van der Waals surface area (Å²) >= 11 is 1.26. The average molecular weight is 278 g/mol. The van der Waals surface area contributed by atoms with Crippen LogP contribution in [0.1, 0.15) is 41.5 Å². The van der Waals surface area contributed by atoms with E-state index in [1.165, 1.54) is 30.6 Å². The first-order valence-corrected chi connectivity index (χ1v) is 6.75. The number of rotatable bonds is 4. The van der Waals surface area contributed by atoms with Crippen LogP contribution in [0, 0.1) is 12.7 Å². The Kier molecular flexibility index (Phi) is 3.95. The number of hydrogen-bond acceptors (Lipinski definition) is 4. The van der Waals surface area contributed by atoms with E-state index in [1.807, 2.05) is 19.9 Å². The van der Waals surface area contributed by atoms with Crippen LogP contribution in [0.3, 0.4) is 0 Å². The van der Waals surface area contributed by atoms with E-state index in [-0.39, 0.29) is 17.6 Å². The van der Waals surface area contributed by atoms with Crippen LogP contribution in [0.15, 0.2) is 24.3 Å². The zero-order chi connectivity index (χ0) is 14.0. The van der Waals surface area contributed by atoms with Crippen molar-refractivity contribution in [1.29, 1.82) is 0 Å². The Morgan fingerprint density at radius 1 is 1.47 bits per heavy atom. The quantitative estimate of drug-likeness (QED) is 0.860. The van der Waals surface area contributed by atoms with Crippen LogP contribution >= 0.6 is 11.5 Å². The maximum atomic E-state index is 13.2. The van der Waals surface area contributed by atoms with Crippen LogP contribution in [-0.4, -0.2) is 10.2 Å². The van der Waals surface area contributed by atoms with E-state index in [2.05, 4.69) is 9.69 Å². The number of halogens is 1. The van der Waals surface area contributed by atoms with Crippen LogP contribution in [0.5, 0.6) is 0 Å². The number of ketones is 1. The largest absolute Gasteiger partial charge is 0.369 e. The SMILES string of the molecule is CC(=O)c1c(C)nsc1NC(C)c1cccc(F)c1. The Hall–Kier alpha value is -1.75. The van der Waals surface area contributed by atoms with Gasteiger partial charge in [0.1, 0.15) is 10.8 Å². The van der Waals surface area contributed by atoms with Gasteiger partial charge in [-0.1, -0.05) is 12.1 Å². The molecule has 0 aliphatic heterocycles. The van der Waals surface area contributed by atoms with Crippen molar-refractivity contribution >= 4 is 22.3 Å². The maximum absolute atomic E-state index is 13.2. The zero-order valence-electron chi connectivity index (χ0n) is 11.0.